The first-order valence-corrected chi connectivity index (χ1v) is 4.59. The molecule has 1 unspecified atom stereocenters. The molecule has 4 heteroatoms. The molecular formula is C9H17NO3. The van der Waals surface area contributed by atoms with Gasteiger partial charge < -0.3 is 14.9 Å². The summed E-state index contributed by atoms with van der Waals surface area (Å²) in [5, 5.41) is 18.2. The molecule has 1 heterocycles. The van der Waals surface area contributed by atoms with Crippen LogP contribution in [0.25, 0.3) is 0 Å². The second kappa shape index (κ2) is 4.07. The lowest BCUT2D eigenvalue weighted by atomic mass is 9.93. The number of hydrogen-bond donors (Lipinski definition) is 2. The Labute approximate surface area is 78.3 Å². The van der Waals surface area contributed by atoms with Gasteiger partial charge in [0.25, 0.3) is 0 Å². The molecule has 1 aliphatic heterocycles. The fourth-order valence-electron chi connectivity index (χ4n) is 1.15. The summed E-state index contributed by atoms with van der Waals surface area (Å²) < 4.78 is 5.49. The summed E-state index contributed by atoms with van der Waals surface area (Å²) in [5.41, 5.74) is -0.718. The third-order valence-corrected chi connectivity index (χ3v) is 2.39. The summed E-state index contributed by atoms with van der Waals surface area (Å²) in [6, 6.07) is 0. The zero-order chi connectivity index (χ0) is 9.90. The Morgan fingerprint density at radius 2 is 2.15 bits per heavy atom. The predicted octanol–water partition coefficient (Wildman–Crippen LogP) is 0.185. The van der Waals surface area contributed by atoms with E-state index in [1.165, 1.54) is 0 Å². The maximum atomic E-state index is 9.08. The third-order valence-electron chi connectivity index (χ3n) is 2.39. The molecule has 0 fully saturated rings. The van der Waals surface area contributed by atoms with E-state index in [2.05, 4.69) is 4.99 Å². The molecular weight excluding hydrogens is 170 g/mol. The van der Waals surface area contributed by atoms with Crippen LogP contribution in [-0.2, 0) is 4.74 Å². The second-order valence-electron chi connectivity index (χ2n) is 3.67. The van der Waals surface area contributed by atoms with Crippen LogP contribution in [0.2, 0.25) is 0 Å². The Hall–Kier alpha value is -0.610. The number of nitrogens with zero attached hydrogens (tertiary/aromatic N) is 1. The molecule has 0 aromatic heterocycles. The fourth-order valence-corrected chi connectivity index (χ4v) is 1.15. The zero-order valence-electron chi connectivity index (χ0n) is 8.16. The lowest BCUT2D eigenvalue weighted by Gasteiger charge is -2.24. The molecule has 1 rings (SSSR count). The normalized spacial score (nSPS) is 22.8. The lowest BCUT2D eigenvalue weighted by molar-refractivity contribution is 0.0910. The number of rotatable bonds is 4. The highest BCUT2D eigenvalue weighted by Crippen LogP contribution is 2.23. The first-order chi connectivity index (χ1) is 6.16. The lowest BCUT2D eigenvalue weighted by Crippen LogP contribution is -2.36. The summed E-state index contributed by atoms with van der Waals surface area (Å²) in [5.74, 6) is 0.490. The van der Waals surface area contributed by atoms with Gasteiger partial charge >= 0.3 is 0 Å². The van der Waals surface area contributed by atoms with Gasteiger partial charge in [-0.1, -0.05) is 6.92 Å². The van der Waals surface area contributed by atoms with Crippen molar-refractivity contribution in [2.45, 2.75) is 26.4 Å². The van der Waals surface area contributed by atoms with Crippen LogP contribution in [-0.4, -0.2) is 42.0 Å². The Morgan fingerprint density at radius 1 is 1.54 bits per heavy atom. The molecule has 0 amide bonds. The van der Waals surface area contributed by atoms with Crippen molar-refractivity contribution in [2.24, 2.45) is 10.4 Å². The van der Waals surface area contributed by atoms with Crippen LogP contribution in [0.4, 0.5) is 0 Å². The molecule has 2 N–H and O–H groups in total. The molecule has 76 valence electrons. The molecule has 13 heavy (non-hydrogen) atoms. The van der Waals surface area contributed by atoms with Crippen LogP contribution in [0.3, 0.4) is 0 Å². The SMILES string of the molecule is CCC1CN=C(C(C)(CO)CO)O1. The highest BCUT2D eigenvalue weighted by atomic mass is 16.5. The van der Waals surface area contributed by atoms with Crippen molar-refractivity contribution in [3.63, 3.8) is 0 Å². The van der Waals surface area contributed by atoms with Gasteiger partial charge in [-0.2, -0.15) is 0 Å². The monoisotopic (exact) mass is 187 g/mol. The Kier molecular flexibility index (Phi) is 3.27. The van der Waals surface area contributed by atoms with Gasteiger partial charge in [-0.3, -0.25) is 4.99 Å². The number of ether oxygens (including phenoxy) is 1. The van der Waals surface area contributed by atoms with Crippen molar-refractivity contribution in [1.82, 2.24) is 0 Å². The zero-order valence-corrected chi connectivity index (χ0v) is 8.16. The van der Waals surface area contributed by atoms with Crippen LogP contribution >= 0.6 is 0 Å². The molecule has 0 aromatic carbocycles. The van der Waals surface area contributed by atoms with Gasteiger partial charge in [0.15, 0.2) is 5.90 Å². The van der Waals surface area contributed by atoms with E-state index in [1.807, 2.05) is 6.92 Å². The van der Waals surface area contributed by atoms with Crippen LogP contribution in [0.15, 0.2) is 4.99 Å². The minimum atomic E-state index is -0.718. The average Bonchev–Trinajstić information content (AvgIpc) is 2.65. The maximum Gasteiger partial charge on any atom is 0.194 e. The minimum Gasteiger partial charge on any atom is -0.475 e. The van der Waals surface area contributed by atoms with E-state index in [0.717, 1.165) is 6.42 Å². The summed E-state index contributed by atoms with van der Waals surface area (Å²) in [7, 11) is 0. The summed E-state index contributed by atoms with van der Waals surface area (Å²) in [6.07, 6.45) is 1.02. The molecule has 4 nitrogen and oxygen atoms in total. The first kappa shape index (κ1) is 10.5. The topological polar surface area (TPSA) is 62.1 Å². The maximum absolute atomic E-state index is 9.08. The smallest absolute Gasteiger partial charge is 0.194 e. The van der Waals surface area contributed by atoms with E-state index in [0.29, 0.717) is 12.4 Å². The molecule has 0 bridgehead atoms. The number of aliphatic hydroxyl groups is 2. The van der Waals surface area contributed by atoms with Gasteiger partial charge in [0.05, 0.1) is 25.2 Å². The molecule has 1 aliphatic rings. The van der Waals surface area contributed by atoms with Gasteiger partial charge in [0.2, 0.25) is 0 Å². The van der Waals surface area contributed by atoms with Gasteiger partial charge in [-0.25, -0.2) is 0 Å². The van der Waals surface area contributed by atoms with E-state index < -0.39 is 5.41 Å². The second-order valence-corrected chi connectivity index (χ2v) is 3.67. The molecule has 0 saturated carbocycles. The molecule has 1 atom stereocenters. The van der Waals surface area contributed by atoms with Gasteiger partial charge in [-0.15, -0.1) is 0 Å². The van der Waals surface area contributed by atoms with E-state index >= 15 is 0 Å². The van der Waals surface area contributed by atoms with Crippen molar-refractivity contribution < 1.29 is 14.9 Å². The van der Waals surface area contributed by atoms with Crippen molar-refractivity contribution in [2.75, 3.05) is 19.8 Å². The Morgan fingerprint density at radius 3 is 2.54 bits per heavy atom. The van der Waals surface area contributed by atoms with E-state index in [1.54, 1.807) is 6.92 Å². The highest BCUT2D eigenvalue weighted by molar-refractivity contribution is 5.84. The van der Waals surface area contributed by atoms with Crippen molar-refractivity contribution in [3.8, 4) is 0 Å². The van der Waals surface area contributed by atoms with Crippen molar-refractivity contribution >= 4 is 5.90 Å². The number of aliphatic hydroxyl groups excluding tert-OH is 2. The number of aliphatic imine (C=N–C) groups is 1. The summed E-state index contributed by atoms with van der Waals surface area (Å²) in [6.45, 7) is 4.13. The summed E-state index contributed by atoms with van der Waals surface area (Å²) >= 11 is 0. The van der Waals surface area contributed by atoms with Crippen LogP contribution < -0.4 is 0 Å². The Balaban J connectivity index is 2.63. The fraction of sp³-hybridized carbons (Fsp3) is 0.889. The van der Waals surface area contributed by atoms with Gasteiger partial charge in [0.1, 0.15) is 6.10 Å². The quantitative estimate of drug-likeness (QED) is 0.660. The summed E-state index contributed by atoms with van der Waals surface area (Å²) in [4.78, 5) is 4.18. The molecule has 0 radical (unpaired) electrons. The standard InChI is InChI=1S/C9H17NO3/c1-3-7-4-10-8(13-7)9(2,5-11)6-12/h7,11-12H,3-6H2,1-2H3. The third kappa shape index (κ3) is 2.00. The average molecular weight is 187 g/mol. The Bertz CT molecular complexity index is 199. The van der Waals surface area contributed by atoms with Crippen molar-refractivity contribution in [3.05, 3.63) is 0 Å². The molecule has 0 aromatic rings. The van der Waals surface area contributed by atoms with Crippen molar-refractivity contribution in [1.29, 1.82) is 0 Å². The highest BCUT2D eigenvalue weighted by Gasteiger charge is 2.35. The van der Waals surface area contributed by atoms with Gasteiger partial charge in [0, 0.05) is 0 Å². The number of hydrogen-bond acceptors (Lipinski definition) is 4. The predicted molar refractivity (Wildman–Crippen MR) is 49.7 cm³/mol. The van der Waals surface area contributed by atoms with Crippen LogP contribution in [0.1, 0.15) is 20.3 Å². The molecule has 0 saturated heterocycles. The largest absolute Gasteiger partial charge is 0.475 e. The van der Waals surface area contributed by atoms with Crippen LogP contribution in [0.5, 0.6) is 0 Å². The van der Waals surface area contributed by atoms with E-state index in [-0.39, 0.29) is 19.3 Å². The molecule has 0 aliphatic carbocycles. The van der Waals surface area contributed by atoms with Crippen LogP contribution in [0, 0.1) is 5.41 Å². The van der Waals surface area contributed by atoms with E-state index in [4.69, 9.17) is 14.9 Å². The first-order valence-electron chi connectivity index (χ1n) is 4.59. The van der Waals surface area contributed by atoms with Gasteiger partial charge in [-0.05, 0) is 13.3 Å². The van der Waals surface area contributed by atoms with E-state index in [9.17, 15) is 0 Å². The minimum absolute atomic E-state index is 0.118. The molecule has 0 spiro atoms.